The van der Waals surface area contributed by atoms with Gasteiger partial charge in [0.25, 0.3) is 0 Å². The van der Waals surface area contributed by atoms with Crippen molar-refractivity contribution < 1.29 is 9.59 Å². The van der Waals surface area contributed by atoms with Gasteiger partial charge in [-0.25, -0.2) is 0 Å². The number of carbonyl (C=O) groups is 2. The number of nitrogens with zero attached hydrogens (tertiary/aromatic N) is 2. The molecule has 20 heavy (non-hydrogen) atoms. The van der Waals surface area contributed by atoms with Gasteiger partial charge in [0.15, 0.2) is 0 Å². The Morgan fingerprint density at radius 1 is 1.45 bits per heavy atom. The number of likely N-dealkylation sites (tertiary alicyclic amines) is 1. The minimum Gasteiger partial charge on any atom is -0.305 e. The fourth-order valence-electron chi connectivity index (χ4n) is 2.71. The van der Waals surface area contributed by atoms with E-state index in [0.29, 0.717) is 6.42 Å². The molecule has 6 nitrogen and oxygen atoms in total. The Balaban J connectivity index is 1.44. The first-order valence-electron chi connectivity index (χ1n) is 7.25. The van der Waals surface area contributed by atoms with E-state index in [0.717, 1.165) is 37.9 Å². The van der Waals surface area contributed by atoms with Crippen LogP contribution in [0.2, 0.25) is 0 Å². The fourth-order valence-corrected chi connectivity index (χ4v) is 2.71. The summed E-state index contributed by atoms with van der Waals surface area (Å²) in [5.41, 5.74) is 2.30. The van der Waals surface area contributed by atoms with Gasteiger partial charge in [-0.1, -0.05) is 0 Å². The van der Waals surface area contributed by atoms with Crippen LogP contribution in [-0.4, -0.2) is 45.5 Å². The number of aromatic amines is 1. The molecule has 1 saturated heterocycles. The van der Waals surface area contributed by atoms with E-state index in [1.165, 1.54) is 10.5 Å². The summed E-state index contributed by atoms with van der Waals surface area (Å²) in [6, 6.07) is -0.121. The van der Waals surface area contributed by atoms with Crippen LogP contribution in [0.4, 0.5) is 0 Å². The summed E-state index contributed by atoms with van der Waals surface area (Å²) in [5, 5.41) is 10.1. The van der Waals surface area contributed by atoms with Gasteiger partial charge in [-0.3, -0.25) is 19.6 Å². The molecule has 2 fully saturated rings. The molecule has 1 aliphatic heterocycles. The maximum Gasteiger partial charge on any atom is 0.247 e. The number of carbonyl (C=O) groups excluding carboxylic acids is 2. The molecule has 0 radical (unpaired) electrons. The van der Waals surface area contributed by atoms with Crippen molar-refractivity contribution in [1.82, 2.24) is 20.4 Å². The molecule has 6 heteroatoms. The second-order valence-corrected chi connectivity index (χ2v) is 5.67. The zero-order chi connectivity index (χ0) is 14.1. The monoisotopic (exact) mass is 276 g/mol. The molecule has 1 aromatic rings. The normalized spacial score (nSPS) is 22.9. The van der Waals surface area contributed by atoms with Crippen molar-refractivity contribution in [1.29, 1.82) is 0 Å². The molecule has 2 N–H and O–H groups in total. The Labute approximate surface area is 117 Å². The summed E-state index contributed by atoms with van der Waals surface area (Å²) in [4.78, 5) is 25.4. The Kier molecular flexibility index (Phi) is 3.56. The Bertz CT molecular complexity index is 521. The smallest absolute Gasteiger partial charge is 0.247 e. The predicted octanol–water partition coefficient (Wildman–Crippen LogP) is 0.530. The highest BCUT2D eigenvalue weighted by molar-refractivity contribution is 6.06. The highest BCUT2D eigenvalue weighted by Gasteiger charge is 2.45. The van der Waals surface area contributed by atoms with Crippen molar-refractivity contribution in [2.75, 3.05) is 6.54 Å². The topological polar surface area (TPSA) is 78.1 Å². The lowest BCUT2D eigenvalue weighted by molar-refractivity contribution is -0.139. The Hall–Kier alpha value is -1.69. The Morgan fingerprint density at radius 2 is 2.25 bits per heavy atom. The van der Waals surface area contributed by atoms with Gasteiger partial charge in [0, 0.05) is 11.7 Å². The van der Waals surface area contributed by atoms with Crippen molar-refractivity contribution >= 4 is 11.8 Å². The second kappa shape index (κ2) is 5.36. The van der Waals surface area contributed by atoms with E-state index in [1.807, 2.05) is 13.1 Å². The summed E-state index contributed by atoms with van der Waals surface area (Å²) in [7, 11) is 0. The number of hydrogen-bond acceptors (Lipinski definition) is 4. The molecular weight excluding hydrogens is 256 g/mol. The standard InChI is InChI=1S/C14H20N4O2/c1-9-10(8-16-17-9)3-2-6-15-12-7-13(19)18(14(12)20)11-4-5-11/h8,11-12,15H,2-7H2,1H3,(H,16,17). The highest BCUT2D eigenvalue weighted by atomic mass is 16.2. The number of aromatic nitrogens is 2. The molecule has 2 aliphatic rings. The van der Waals surface area contributed by atoms with Crippen molar-refractivity contribution in [3.63, 3.8) is 0 Å². The number of amides is 2. The summed E-state index contributed by atoms with van der Waals surface area (Å²) >= 11 is 0. The predicted molar refractivity (Wildman–Crippen MR) is 72.9 cm³/mol. The fraction of sp³-hybridized carbons (Fsp3) is 0.643. The molecule has 2 amide bonds. The van der Waals surface area contributed by atoms with Crippen LogP contribution < -0.4 is 5.32 Å². The zero-order valence-corrected chi connectivity index (χ0v) is 11.7. The lowest BCUT2D eigenvalue weighted by Gasteiger charge is -2.14. The minimum absolute atomic E-state index is 0.0133. The molecule has 1 unspecified atom stereocenters. The van der Waals surface area contributed by atoms with Crippen LogP contribution in [0.25, 0.3) is 0 Å². The summed E-state index contributed by atoms with van der Waals surface area (Å²) in [5.74, 6) is -0.0438. The number of H-pyrrole nitrogens is 1. The van der Waals surface area contributed by atoms with Gasteiger partial charge in [-0.2, -0.15) is 5.10 Å². The molecular formula is C14H20N4O2. The van der Waals surface area contributed by atoms with Crippen molar-refractivity contribution in [3.05, 3.63) is 17.5 Å². The number of aryl methyl sites for hydroxylation is 2. The van der Waals surface area contributed by atoms with E-state index in [1.54, 1.807) is 0 Å². The number of imide groups is 1. The quantitative estimate of drug-likeness (QED) is 0.587. The first-order valence-corrected chi connectivity index (χ1v) is 7.25. The van der Waals surface area contributed by atoms with E-state index in [2.05, 4.69) is 15.5 Å². The van der Waals surface area contributed by atoms with Gasteiger partial charge < -0.3 is 5.32 Å². The van der Waals surface area contributed by atoms with Crippen LogP contribution in [0.3, 0.4) is 0 Å². The summed E-state index contributed by atoms with van der Waals surface area (Å²) in [6.07, 6.45) is 5.97. The van der Waals surface area contributed by atoms with E-state index in [4.69, 9.17) is 0 Å². The average Bonchev–Trinajstić information content (AvgIpc) is 3.10. The lowest BCUT2D eigenvalue weighted by atomic mass is 10.1. The van der Waals surface area contributed by atoms with E-state index in [-0.39, 0.29) is 23.9 Å². The number of nitrogens with one attached hydrogen (secondary N) is 2. The zero-order valence-electron chi connectivity index (χ0n) is 11.7. The molecule has 3 rings (SSSR count). The molecule has 0 bridgehead atoms. The van der Waals surface area contributed by atoms with Crippen molar-refractivity contribution in [3.8, 4) is 0 Å². The van der Waals surface area contributed by atoms with Crippen molar-refractivity contribution in [2.24, 2.45) is 0 Å². The highest BCUT2D eigenvalue weighted by Crippen LogP contribution is 2.31. The van der Waals surface area contributed by atoms with E-state index >= 15 is 0 Å². The maximum atomic E-state index is 12.1. The van der Waals surface area contributed by atoms with Gasteiger partial charge in [0.05, 0.1) is 18.7 Å². The molecule has 1 atom stereocenters. The third-order valence-electron chi connectivity index (χ3n) is 4.04. The molecule has 0 spiro atoms. The van der Waals surface area contributed by atoms with Crippen LogP contribution in [0.1, 0.15) is 36.9 Å². The summed E-state index contributed by atoms with van der Waals surface area (Å²) in [6.45, 7) is 2.75. The van der Waals surface area contributed by atoms with Gasteiger partial charge in [0.1, 0.15) is 0 Å². The first-order chi connectivity index (χ1) is 9.66. The van der Waals surface area contributed by atoms with E-state index < -0.39 is 0 Å². The van der Waals surface area contributed by atoms with Crippen molar-refractivity contribution in [2.45, 2.75) is 51.1 Å². The third-order valence-corrected chi connectivity index (χ3v) is 4.04. The third kappa shape index (κ3) is 2.60. The SMILES string of the molecule is Cc1[nH]ncc1CCCNC1CC(=O)N(C2CC2)C1=O. The van der Waals surface area contributed by atoms with E-state index in [9.17, 15) is 9.59 Å². The summed E-state index contributed by atoms with van der Waals surface area (Å²) < 4.78 is 0. The molecule has 0 aromatic carbocycles. The molecule has 1 aromatic heterocycles. The molecule has 1 saturated carbocycles. The Morgan fingerprint density at radius 3 is 2.90 bits per heavy atom. The lowest BCUT2D eigenvalue weighted by Crippen LogP contribution is -2.40. The van der Waals surface area contributed by atoms with Gasteiger partial charge in [-0.15, -0.1) is 0 Å². The van der Waals surface area contributed by atoms with Crippen LogP contribution in [0, 0.1) is 6.92 Å². The van der Waals surface area contributed by atoms with Crippen LogP contribution in [0.5, 0.6) is 0 Å². The molecule has 108 valence electrons. The molecule has 2 heterocycles. The molecule has 1 aliphatic carbocycles. The number of hydrogen-bond donors (Lipinski definition) is 2. The number of rotatable bonds is 6. The van der Waals surface area contributed by atoms with Gasteiger partial charge >= 0.3 is 0 Å². The average molecular weight is 276 g/mol. The maximum absolute atomic E-state index is 12.1. The van der Waals surface area contributed by atoms with Crippen LogP contribution >= 0.6 is 0 Å². The van der Waals surface area contributed by atoms with Gasteiger partial charge in [-0.05, 0) is 44.7 Å². The minimum atomic E-state index is -0.312. The second-order valence-electron chi connectivity index (χ2n) is 5.67. The van der Waals surface area contributed by atoms with Crippen LogP contribution in [-0.2, 0) is 16.0 Å². The largest absolute Gasteiger partial charge is 0.305 e. The first kappa shape index (κ1) is 13.3. The van der Waals surface area contributed by atoms with Gasteiger partial charge in [0.2, 0.25) is 11.8 Å². The van der Waals surface area contributed by atoms with Crippen LogP contribution in [0.15, 0.2) is 6.20 Å².